The van der Waals surface area contributed by atoms with E-state index in [1.165, 1.54) is 23.8 Å². The number of benzene rings is 2. The van der Waals surface area contributed by atoms with Crippen molar-refractivity contribution >= 4 is 15.8 Å². The molecule has 2 aromatic rings. The fourth-order valence-corrected chi connectivity index (χ4v) is 4.78. The zero-order chi connectivity index (χ0) is 20.9. The molecule has 1 N–H and O–H groups in total. The van der Waals surface area contributed by atoms with E-state index in [9.17, 15) is 12.8 Å². The molecule has 0 aliphatic carbocycles. The number of nitrogens with one attached hydrogen (secondary N) is 1. The quantitative estimate of drug-likeness (QED) is 0.576. The molecule has 29 heavy (non-hydrogen) atoms. The summed E-state index contributed by atoms with van der Waals surface area (Å²) in [4.78, 5) is 6.13. The van der Waals surface area contributed by atoms with Crippen LogP contribution in [0.25, 0.3) is 0 Å². The minimum Gasteiger partial charge on any atom is -0.497 e. The Morgan fingerprint density at radius 2 is 1.97 bits per heavy atom. The molecule has 0 amide bonds. The smallest absolute Gasteiger partial charge is 0.193 e. The summed E-state index contributed by atoms with van der Waals surface area (Å²) < 4.78 is 43.8. The third-order valence-corrected chi connectivity index (χ3v) is 6.86. The second-order valence-corrected chi connectivity index (χ2v) is 9.01. The van der Waals surface area contributed by atoms with E-state index in [4.69, 9.17) is 4.74 Å². The number of aliphatic imine (C=N–C) groups is 1. The largest absolute Gasteiger partial charge is 0.497 e. The molecule has 1 atom stereocenters. The van der Waals surface area contributed by atoms with Crippen LogP contribution in [0.5, 0.6) is 5.75 Å². The van der Waals surface area contributed by atoms with Crippen molar-refractivity contribution in [2.45, 2.75) is 17.2 Å². The Hall–Kier alpha value is -2.61. The number of sulfone groups is 1. The zero-order valence-corrected chi connectivity index (χ0v) is 17.5. The molecule has 0 aromatic heterocycles. The number of halogens is 1. The van der Waals surface area contributed by atoms with Crippen LogP contribution in [0.1, 0.15) is 17.9 Å². The molecule has 0 radical (unpaired) electrons. The Morgan fingerprint density at radius 3 is 2.62 bits per heavy atom. The van der Waals surface area contributed by atoms with Crippen molar-refractivity contribution in [3.8, 4) is 5.75 Å². The molecule has 156 valence electrons. The lowest BCUT2D eigenvalue weighted by molar-refractivity contribution is 0.414. The average Bonchev–Trinajstić information content (AvgIpc) is 3.21. The van der Waals surface area contributed by atoms with Gasteiger partial charge >= 0.3 is 0 Å². The summed E-state index contributed by atoms with van der Waals surface area (Å²) in [7, 11) is -0.379. The van der Waals surface area contributed by atoms with Gasteiger partial charge in [-0.2, -0.15) is 0 Å². The summed E-state index contributed by atoms with van der Waals surface area (Å²) in [5, 5.41) is 3.10. The molecule has 1 unspecified atom stereocenters. The minimum absolute atomic E-state index is 0.160. The summed E-state index contributed by atoms with van der Waals surface area (Å²) >= 11 is 0. The van der Waals surface area contributed by atoms with Crippen LogP contribution in [-0.2, 0) is 9.84 Å². The second kappa shape index (κ2) is 9.26. The van der Waals surface area contributed by atoms with Gasteiger partial charge in [-0.1, -0.05) is 24.3 Å². The maximum atomic E-state index is 13.8. The van der Waals surface area contributed by atoms with Crippen LogP contribution in [0.3, 0.4) is 0 Å². The van der Waals surface area contributed by atoms with Crippen molar-refractivity contribution in [1.82, 2.24) is 10.2 Å². The fourth-order valence-electron chi connectivity index (χ4n) is 3.54. The van der Waals surface area contributed by atoms with Gasteiger partial charge in [0.15, 0.2) is 15.8 Å². The third kappa shape index (κ3) is 5.06. The molecule has 0 saturated carbocycles. The Kier molecular flexibility index (Phi) is 6.74. The summed E-state index contributed by atoms with van der Waals surface area (Å²) in [5.74, 6) is 0.935. The molecule has 1 heterocycles. The molecule has 2 aromatic carbocycles. The first-order valence-corrected chi connectivity index (χ1v) is 11.2. The number of hydrogen-bond donors (Lipinski definition) is 1. The number of rotatable bonds is 6. The van der Waals surface area contributed by atoms with Crippen LogP contribution in [0.4, 0.5) is 4.39 Å². The lowest BCUT2D eigenvalue weighted by atomic mass is 9.98. The topological polar surface area (TPSA) is 71.0 Å². The lowest BCUT2D eigenvalue weighted by Crippen LogP contribution is -2.41. The number of methoxy groups -OCH3 is 1. The molecule has 1 saturated heterocycles. The molecule has 0 bridgehead atoms. The Bertz CT molecular complexity index is 961. The first-order chi connectivity index (χ1) is 13.9. The summed E-state index contributed by atoms with van der Waals surface area (Å²) in [5.41, 5.74) is 1.24. The van der Waals surface area contributed by atoms with E-state index >= 15 is 0 Å². The Morgan fingerprint density at radius 1 is 1.24 bits per heavy atom. The van der Waals surface area contributed by atoms with Crippen molar-refractivity contribution in [1.29, 1.82) is 0 Å². The van der Waals surface area contributed by atoms with E-state index in [0.29, 0.717) is 11.9 Å². The maximum Gasteiger partial charge on any atom is 0.193 e. The van der Waals surface area contributed by atoms with Crippen molar-refractivity contribution in [2.24, 2.45) is 4.99 Å². The number of ether oxygens (including phenoxy) is 1. The van der Waals surface area contributed by atoms with Gasteiger partial charge in [-0.15, -0.1) is 0 Å². The highest BCUT2D eigenvalue weighted by atomic mass is 32.2. The van der Waals surface area contributed by atoms with Crippen LogP contribution in [0.2, 0.25) is 0 Å². The van der Waals surface area contributed by atoms with Gasteiger partial charge in [-0.05, 0) is 36.2 Å². The summed E-state index contributed by atoms with van der Waals surface area (Å²) in [6.07, 6.45) is 0.987. The van der Waals surface area contributed by atoms with Gasteiger partial charge in [0, 0.05) is 32.6 Å². The second-order valence-electron chi connectivity index (χ2n) is 6.93. The SMILES string of the molecule is CN=C(NCCS(=O)(=O)c1ccccc1F)N1CCC(c2ccc(OC)cc2)C1. The maximum absolute atomic E-state index is 13.8. The van der Waals surface area contributed by atoms with Gasteiger partial charge < -0.3 is 15.0 Å². The molecule has 3 rings (SSSR count). The van der Waals surface area contributed by atoms with Gasteiger partial charge in [-0.25, -0.2) is 12.8 Å². The van der Waals surface area contributed by atoms with E-state index in [2.05, 4.69) is 27.3 Å². The van der Waals surface area contributed by atoms with Crippen LogP contribution in [-0.4, -0.2) is 58.8 Å². The average molecular weight is 420 g/mol. The molecule has 1 fully saturated rings. The number of guanidine groups is 1. The lowest BCUT2D eigenvalue weighted by Gasteiger charge is -2.22. The van der Waals surface area contributed by atoms with Crippen molar-refractivity contribution < 1.29 is 17.5 Å². The molecular weight excluding hydrogens is 393 g/mol. The highest BCUT2D eigenvalue weighted by Gasteiger charge is 2.26. The van der Waals surface area contributed by atoms with Crippen LogP contribution < -0.4 is 10.1 Å². The first kappa shape index (κ1) is 21.1. The fraction of sp³-hybridized carbons (Fsp3) is 0.381. The van der Waals surface area contributed by atoms with E-state index in [0.717, 1.165) is 31.3 Å². The number of hydrogen-bond acceptors (Lipinski definition) is 4. The number of likely N-dealkylation sites (tertiary alicyclic amines) is 1. The monoisotopic (exact) mass is 419 g/mol. The van der Waals surface area contributed by atoms with Gasteiger partial charge in [-0.3, -0.25) is 4.99 Å². The van der Waals surface area contributed by atoms with Crippen LogP contribution >= 0.6 is 0 Å². The van der Waals surface area contributed by atoms with E-state index in [-0.39, 0.29) is 17.2 Å². The van der Waals surface area contributed by atoms with E-state index in [1.807, 2.05) is 12.1 Å². The van der Waals surface area contributed by atoms with Crippen molar-refractivity contribution in [3.63, 3.8) is 0 Å². The normalized spacial score (nSPS) is 17.4. The van der Waals surface area contributed by atoms with Crippen molar-refractivity contribution in [2.75, 3.05) is 39.5 Å². The summed E-state index contributed by atoms with van der Waals surface area (Å²) in [6.45, 7) is 1.79. The molecule has 6 nitrogen and oxygen atoms in total. The Labute approximate surface area is 171 Å². The predicted octanol–water partition coefficient (Wildman–Crippen LogP) is 2.67. The standard InChI is InChI=1S/C21H26FN3O3S/c1-23-21(24-12-14-29(26,27)20-6-4-3-5-19(20)22)25-13-11-17(15-25)16-7-9-18(28-2)10-8-16/h3-10,17H,11-15H2,1-2H3,(H,23,24). The highest BCUT2D eigenvalue weighted by molar-refractivity contribution is 7.91. The zero-order valence-electron chi connectivity index (χ0n) is 16.6. The van der Waals surface area contributed by atoms with Gasteiger partial charge in [0.1, 0.15) is 16.5 Å². The minimum atomic E-state index is -3.70. The molecule has 0 spiro atoms. The highest BCUT2D eigenvalue weighted by Crippen LogP contribution is 2.28. The van der Waals surface area contributed by atoms with E-state index in [1.54, 1.807) is 14.2 Å². The van der Waals surface area contributed by atoms with Gasteiger partial charge in [0.2, 0.25) is 0 Å². The Balaban J connectivity index is 1.56. The number of nitrogens with zero attached hydrogens (tertiary/aromatic N) is 2. The third-order valence-electron chi connectivity index (χ3n) is 5.11. The summed E-state index contributed by atoms with van der Waals surface area (Å²) in [6, 6.07) is 13.5. The van der Waals surface area contributed by atoms with Crippen LogP contribution in [0.15, 0.2) is 58.4 Å². The molecule has 8 heteroatoms. The molecule has 1 aliphatic heterocycles. The van der Waals surface area contributed by atoms with Crippen molar-refractivity contribution in [3.05, 3.63) is 59.9 Å². The first-order valence-electron chi connectivity index (χ1n) is 9.51. The molecule has 1 aliphatic rings. The predicted molar refractivity (Wildman–Crippen MR) is 112 cm³/mol. The molecular formula is C21H26FN3O3S. The van der Waals surface area contributed by atoms with E-state index < -0.39 is 15.7 Å². The van der Waals surface area contributed by atoms with Crippen LogP contribution in [0, 0.1) is 5.82 Å². The van der Waals surface area contributed by atoms with Gasteiger partial charge in [0.25, 0.3) is 0 Å². The van der Waals surface area contributed by atoms with Gasteiger partial charge in [0.05, 0.1) is 12.9 Å².